The molecule has 2 aromatic carbocycles. The number of imide groups is 1. The number of nitriles is 1. The maximum atomic E-state index is 13.5. The van der Waals surface area contributed by atoms with Crippen molar-refractivity contribution in [1.82, 2.24) is 30.2 Å². The number of nitrogens with one attached hydrogen (secondary N) is 2. The van der Waals surface area contributed by atoms with Gasteiger partial charge in [0.1, 0.15) is 11.9 Å². The van der Waals surface area contributed by atoms with Crippen molar-refractivity contribution in [2.24, 2.45) is 22.2 Å². The fourth-order valence-electron chi connectivity index (χ4n) is 11.0. The molecule has 9 rings (SSSR count). The van der Waals surface area contributed by atoms with Gasteiger partial charge in [-0.3, -0.25) is 39.3 Å². The van der Waals surface area contributed by atoms with Crippen LogP contribution in [0.25, 0.3) is 0 Å². The predicted molar refractivity (Wildman–Crippen MR) is 236 cm³/mol. The van der Waals surface area contributed by atoms with E-state index >= 15 is 0 Å². The molecule has 18 heteroatoms. The lowest BCUT2D eigenvalue weighted by Crippen LogP contribution is -2.64. The van der Waals surface area contributed by atoms with Crippen molar-refractivity contribution in [2.75, 3.05) is 94.9 Å². The molecule has 346 valence electrons. The number of benzene rings is 2. The molecule has 0 bridgehead atoms. The van der Waals surface area contributed by atoms with Crippen LogP contribution in [0, 0.1) is 28.6 Å². The van der Waals surface area contributed by atoms with Crippen LogP contribution < -0.4 is 20.4 Å². The molecule has 3 unspecified atom stereocenters. The Morgan fingerprint density at radius 2 is 1.58 bits per heavy atom. The second-order valence-electron chi connectivity index (χ2n) is 19.3. The van der Waals surface area contributed by atoms with Crippen LogP contribution in [0.5, 0.6) is 0 Å². The van der Waals surface area contributed by atoms with Crippen LogP contribution in [0.15, 0.2) is 53.5 Å². The number of amidine groups is 1. The number of alkyl halides is 3. The summed E-state index contributed by atoms with van der Waals surface area (Å²) in [5, 5.41) is 25.5. The number of likely N-dealkylation sites (tertiary alicyclic amines) is 1. The molecule has 4 amide bonds. The number of nitrogens with zero attached hydrogens (tertiary/aromatic N) is 8. The third-order valence-corrected chi connectivity index (χ3v) is 14.6. The summed E-state index contributed by atoms with van der Waals surface area (Å²) in [6, 6.07) is 10.2. The first-order valence-corrected chi connectivity index (χ1v) is 23.0. The van der Waals surface area contributed by atoms with Crippen LogP contribution >= 0.6 is 0 Å². The minimum absolute atomic E-state index is 0.124. The van der Waals surface area contributed by atoms with Gasteiger partial charge in [0.15, 0.2) is 6.23 Å². The first kappa shape index (κ1) is 44.8. The number of aliphatic imine (C=N–C) groups is 1. The van der Waals surface area contributed by atoms with Gasteiger partial charge in [0.05, 0.1) is 23.7 Å². The van der Waals surface area contributed by atoms with Crippen molar-refractivity contribution in [3.63, 3.8) is 0 Å². The van der Waals surface area contributed by atoms with Gasteiger partial charge < -0.3 is 30.0 Å². The van der Waals surface area contributed by atoms with Gasteiger partial charge in [-0.15, -0.1) is 0 Å². The van der Waals surface area contributed by atoms with Crippen LogP contribution in [-0.4, -0.2) is 151 Å². The zero-order valence-electron chi connectivity index (χ0n) is 36.7. The number of hydrogen-bond acceptors (Lipinski definition) is 12. The number of piperazine rings is 1. The monoisotopic (exact) mass is 898 g/mol. The number of rotatable bonds is 9. The number of anilines is 2. The van der Waals surface area contributed by atoms with Gasteiger partial charge in [0.2, 0.25) is 17.7 Å². The number of halogens is 3. The summed E-state index contributed by atoms with van der Waals surface area (Å²) in [5.74, 6) is -0.551. The van der Waals surface area contributed by atoms with Crippen molar-refractivity contribution < 1.29 is 37.5 Å². The molecule has 0 spiro atoms. The average molecular weight is 899 g/mol. The standard InChI is InChI=1S/C47H57F3N10O5/c1-46(28-59(29-46)35-5-8-40(52-25-35)53-42(62)31-12-16-58(17-13-31)34-3-2-32(24-51)38(23-34)47(48,49)50)27-56-20-18-55(19-21-56)26-30-10-14-57(15-11-30)33-4-6-36-37(22-33)45(65)60(44(36)64)39-7-9-41(61)54-43(39)63/h2-6,8,22-23,30-31,35,39,45,65H,7,9-21,25-29H2,1H3,(H,52,53,62)(H,54,61,63). The van der Waals surface area contributed by atoms with Gasteiger partial charge in [-0.05, 0) is 80.5 Å². The fraction of sp³-hybridized carbons (Fsp3) is 0.574. The number of carbonyl (C=O) groups excluding carboxylic acids is 4. The number of hydrogen-bond donors (Lipinski definition) is 3. The molecule has 2 aromatic rings. The van der Waals surface area contributed by atoms with Crippen molar-refractivity contribution in [3.8, 4) is 6.07 Å². The maximum absolute atomic E-state index is 13.5. The Morgan fingerprint density at radius 3 is 2.23 bits per heavy atom. The number of carbonyl (C=O) groups is 4. The Labute approximate surface area is 376 Å². The molecule has 0 aromatic heterocycles. The molecule has 3 N–H and O–H groups in total. The molecular formula is C47H57F3N10O5. The summed E-state index contributed by atoms with van der Waals surface area (Å²) in [6.45, 7) is 13.9. The second kappa shape index (κ2) is 18.1. The Balaban J connectivity index is 0.660. The van der Waals surface area contributed by atoms with E-state index in [-0.39, 0.29) is 47.9 Å². The minimum Gasteiger partial charge on any atom is -0.372 e. The lowest BCUT2D eigenvalue weighted by Gasteiger charge is -2.53. The van der Waals surface area contributed by atoms with Gasteiger partial charge in [-0.2, -0.15) is 18.4 Å². The van der Waals surface area contributed by atoms with Crippen LogP contribution in [0.2, 0.25) is 0 Å². The molecule has 7 aliphatic rings. The average Bonchev–Trinajstić information content (AvgIpc) is 3.53. The van der Waals surface area contributed by atoms with Gasteiger partial charge in [-0.25, -0.2) is 0 Å². The van der Waals surface area contributed by atoms with E-state index < -0.39 is 35.5 Å². The van der Waals surface area contributed by atoms with Crippen molar-refractivity contribution in [2.45, 2.75) is 69.9 Å². The maximum Gasteiger partial charge on any atom is 0.417 e. The quantitative estimate of drug-likeness (QED) is 0.316. The highest BCUT2D eigenvalue weighted by molar-refractivity contribution is 6.06. The van der Waals surface area contributed by atoms with Crippen molar-refractivity contribution in [3.05, 3.63) is 70.8 Å². The van der Waals surface area contributed by atoms with Crippen molar-refractivity contribution in [1.29, 1.82) is 5.26 Å². The summed E-state index contributed by atoms with van der Waals surface area (Å²) in [6.07, 6.45) is 1.61. The van der Waals surface area contributed by atoms with E-state index in [4.69, 9.17) is 10.3 Å². The first-order chi connectivity index (χ1) is 31.1. The minimum atomic E-state index is -4.62. The molecule has 5 fully saturated rings. The second-order valence-corrected chi connectivity index (χ2v) is 19.3. The molecule has 0 aliphatic carbocycles. The fourth-order valence-corrected chi connectivity index (χ4v) is 11.0. The van der Waals surface area contributed by atoms with Gasteiger partial charge in [0, 0.05) is 125 Å². The first-order valence-electron chi connectivity index (χ1n) is 23.0. The Hall–Kier alpha value is -5.35. The van der Waals surface area contributed by atoms with E-state index in [1.165, 1.54) is 17.0 Å². The van der Waals surface area contributed by atoms with Crippen LogP contribution in [0.1, 0.15) is 78.7 Å². The molecule has 3 atom stereocenters. The molecule has 0 radical (unpaired) electrons. The van der Waals surface area contributed by atoms with Crippen molar-refractivity contribution >= 4 is 40.8 Å². The van der Waals surface area contributed by atoms with E-state index in [0.717, 1.165) is 90.0 Å². The summed E-state index contributed by atoms with van der Waals surface area (Å²) in [7, 11) is 0. The normalized spacial score (nSPS) is 26.1. The molecule has 5 saturated heterocycles. The highest BCUT2D eigenvalue weighted by Crippen LogP contribution is 2.39. The highest BCUT2D eigenvalue weighted by Gasteiger charge is 2.46. The SMILES string of the molecule is CC1(CN2CCN(CC3CCN(c4ccc5c(c4)C(O)N(C4CCC(=O)NC4=O)C5=O)CC3)CC2)CN(C2C=CC(NC(=O)C3CCN(c4ccc(C#N)c(C(F)(F)F)c4)CC3)=NC2)C1. The number of amides is 4. The summed E-state index contributed by atoms with van der Waals surface area (Å²) in [4.78, 5) is 68.2. The van der Waals surface area contributed by atoms with E-state index in [0.29, 0.717) is 61.0 Å². The largest absolute Gasteiger partial charge is 0.417 e. The molecule has 15 nitrogen and oxygen atoms in total. The zero-order valence-corrected chi connectivity index (χ0v) is 36.7. The highest BCUT2D eigenvalue weighted by atomic mass is 19.4. The van der Waals surface area contributed by atoms with E-state index in [1.54, 1.807) is 12.1 Å². The van der Waals surface area contributed by atoms with Crippen LogP contribution in [-0.2, 0) is 20.6 Å². The number of dihydropyridines is 1. The lowest BCUT2D eigenvalue weighted by molar-refractivity contribution is -0.140. The Morgan fingerprint density at radius 1 is 0.923 bits per heavy atom. The summed E-state index contributed by atoms with van der Waals surface area (Å²) < 4.78 is 40.5. The Kier molecular flexibility index (Phi) is 12.5. The smallest absolute Gasteiger partial charge is 0.372 e. The number of aliphatic hydroxyl groups is 1. The zero-order chi connectivity index (χ0) is 45.6. The molecule has 7 aliphatic heterocycles. The summed E-state index contributed by atoms with van der Waals surface area (Å²) >= 11 is 0. The lowest BCUT2D eigenvalue weighted by atomic mass is 9.80. The Bertz CT molecular complexity index is 2280. The number of fused-ring (bicyclic) bond motifs is 1. The third kappa shape index (κ3) is 9.51. The third-order valence-electron chi connectivity index (χ3n) is 14.6. The van der Waals surface area contributed by atoms with E-state index in [2.05, 4.69) is 43.2 Å². The molecule has 0 saturated carbocycles. The summed E-state index contributed by atoms with van der Waals surface area (Å²) in [5.41, 5.74) is 1.12. The van der Waals surface area contributed by atoms with Crippen LogP contribution in [0.3, 0.4) is 0 Å². The predicted octanol–water partition coefficient (Wildman–Crippen LogP) is 3.35. The number of aliphatic hydroxyl groups excluding tert-OH is 1. The van der Waals surface area contributed by atoms with Gasteiger partial charge >= 0.3 is 6.18 Å². The van der Waals surface area contributed by atoms with Gasteiger partial charge in [-0.1, -0.05) is 13.0 Å². The van der Waals surface area contributed by atoms with Gasteiger partial charge in [0.25, 0.3) is 5.91 Å². The molecular weight excluding hydrogens is 842 g/mol. The van der Waals surface area contributed by atoms with E-state index in [1.807, 2.05) is 23.1 Å². The molecule has 65 heavy (non-hydrogen) atoms. The van der Waals surface area contributed by atoms with Crippen LogP contribution in [0.4, 0.5) is 24.5 Å². The number of piperidine rings is 3. The topological polar surface area (TPSA) is 168 Å². The van der Waals surface area contributed by atoms with E-state index in [9.17, 15) is 37.5 Å². The molecule has 7 heterocycles.